The largest absolute Gasteiger partial charge is 0.312 e. The summed E-state index contributed by atoms with van der Waals surface area (Å²) in [6, 6.07) is 1.61. The Morgan fingerprint density at radius 1 is 0.882 bits per heavy atom. The number of hydrogen-bond donors (Lipinski definition) is 1. The molecule has 0 spiro atoms. The van der Waals surface area contributed by atoms with Crippen LogP contribution < -0.4 is 5.32 Å². The Bertz CT molecular complexity index is 197. The molecule has 2 heteroatoms. The Morgan fingerprint density at radius 2 is 1.53 bits per heavy atom. The van der Waals surface area contributed by atoms with Gasteiger partial charge in [-0.3, -0.25) is 0 Å². The highest BCUT2D eigenvalue weighted by atomic mass is 15.2. The van der Waals surface area contributed by atoms with Gasteiger partial charge in [0.1, 0.15) is 0 Å². The maximum atomic E-state index is 3.85. The first-order valence-corrected chi connectivity index (χ1v) is 7.80. The Labute approximate surface area is 107 Å². The Kier molecular flexibility index (Phi) is 5.79. The summed E-state index contributed by atoms with van der Waals surface area (Å²) in [4.78, 5) is 2.55. The monoisotopic (exact) mass is 238 g/mol. The third kappa shape index (κ3) is 4.59. The van der Waals surface area contributed by atoms with Crippen molar-refractivity contribution in [2.45, 2.75) is 76.3 Å². The minimum absolute atomic E-state index is 0.800. The normalized spacial score (nSPS) is 29.8. The van der Waals surface area contributed by atoms with Gasteiger partial charge in [-0.1, -0.05) is 38.5 Å². The Hall–Kier alpha value is -0.0800. The number of nitrogens with zero attached hydrogens (tertiary/aromatic N) is 1. The lowest BCUT2D eigenvalue weighted by Gasteiger charge is -2.34. The van der Waals surface area contributed by atoms with Crippen LogP contribution in [0.2, 0.25) is 0 Å². The SMILES string of the molecule is CN1CCCCC1CNC1CCCCCCC1. The summed E-state index contributed by atoms with van der Waals surface area (Å²) in [5.41, 5.74) is 0. The van der Waals surface area contributed by atoms with Gasteiger partial charge >= 0.3 is 0 Å². The second kappa shape index (κ2) is 7.38. The average molecular weight is 238 g/mol. The molecular weight excluding hydrogens is 208 g/mol. The van der Waals surface area contributed by atoms with Crippen molar-refractivity contribution in [3.63, 3.8) is 0 Å². The van der Waals surface area contributed by atoms with Crippen LogP contribution in [0.25, 0.3) is 0 Å². The zero-order chi connectivity index (χ0) is 11.9. The molecule has 0 radical (unpaired) electrons. The molecule has 1 saturated heterocycles. The van der Waals surface area contributed by atoms with Crippen LogP contribution in [0.3, 0.4) is 0 Å². The van der Waals surface area contributed by atoms with Gasteiger partial charge in [0.25, 0.3) is 0 Å². The molecule has 2 nitrogen and oxygen atoms in total. The number of likely N-dealkylation sites (N-methyl/N-ethyl adjacent to an activating group) is 1. The van der Waals surface area contributed by atoms with Crippen molar-refractivity contribution >= 4 is 0 Å². The van der Waals surface area contributed by atoms with Gasteiger partial charge in [0, 0.05) is 18.6 Å². The first kappa shape index (κ1) is 13.4. The first-order chi connectivity index (χ1) is 8.36. The van der Waals surface area contributed by atoms with Gasteiger partial charge in [0.05, 0.1) is 0 Å². The van der Waals surface area contributed by atoms with Gasteiger partial charge in [-0.05, 0) is 39.3 Å². The maximum Gasteiger partial charge on any atom is 0.0217 e. The van der Waals surface area contributed by atoms with E-state index in [0.717, 1.165) is 12.1 Å². The van der Waals surface area contributed by atoms with Crippen molar-refractivity contribution < 1.29 is 0 Å². The molecule has 2 aliphatic rings. The summed E-state index contributed by atoms with van der Waals surface area (Å²) < 4.78 is 0. The van der Waals surface area contributed by atoms with Crippen LogP contribution in [0.1, 0.15) is 64.2 Å². The van der Waals surface area contributed by atoms with E-state index in [9.17, 15) is 0 Å². The molecule has 1 atom stereocenters. The van der Waals surface area contributed by atoms with Gasteiger partial charge in [-0.25, -0.2) is 0 Å². The summed E-state index contributed by atoms with van der Waals surface area (Å²) in [5, 5.41) is 3.85. The van der Waals surface area contributed by atoms with E-state index in [1.54, 1.807) is 0 Å². The molecule has 1 aliphatic heterocycles. The minimum atomic E-state index is 0.800. The summed E-state index contributed by atoms with van der Waals surface area (Å²) in [6.07, 6.45) is 14.3. The molecule has 2 fully saturated rings. The summed E-state index contributed by atoms with van der Waals surface area (Å²) in [5.74, 6) is 0. The molecule has 2 rings (SSSR count). The Morgan fingerprint density at radius 3 is 2.24 bits per heavy atom. The molecule has 1 unspecified atom stereocenters. The van der Waals surface area contributed by atoms with Gasteiger partial charge in [0.2, 0.25) is 0 Å². The van der Waals surface area contributed by atoms with Crippen LogP contribution in [-0.2, 0) is 0 Å². The molecule has 0 bridgehead atoms. The average Bonchev–Trinajstić information content (AvgIpc) is 2.29. The van der Waals surface area contributed by atoms with Crippen molar-refractivity contribution in [3.05, 3.63) is 0 Å². The fourth-order valence-corrected chi connectivity index (χ4v) is 3.36. The van der Waals surface area contributed by atoms with E-state index in [2.05, 4.69) is 17.3 Å². The number of piperidine rings is 1. The smallest absolute Gasteiger partial charge is 0.0217 e. The van der Waals surface area contributed by atoms with Crippen molar-refractivity contribution in [1.29, 1.82) is 0 Å². The van der Waals surface area contributed by atoms with Crippen LogP contribution in [0.5, 0.6) is 0 Å². The van der Waals surface area contributed by atoms with E-state index >= 15 is 0 Å². The van der Waals surface area contributed by atoms with Gasteiger partial charge in [-0.2, -0.15) is 0 Å². The number of hydrogen-bond acceptors (Lipinski definition) is 2. The van der Waals surface area contributed by atoms with E-state index in [-0.39, 0.29) is 0 Å². The third-order valence-electron chi connectivity index (χ3n) is 4.67. The topological polar surface area (TPSA) is 15.3 Å². The summed E-state index contributed by atoms with van der Waals surface area (Å²) in [7, 11) is 2.30. The van der Waals surface area contributed by atoms with Crippen LogP contribution in [0.15, 0.2) is 0 Å². The van der Waals surface area contributed by atoms with E-state index in [0.29, 0.717) is 0 Å². The standard InChI is InChI=1S/C15H30N2/c1-17-12-8-7-11-15(17)13-16-14-9-5-3-2-4-6-10-14/h14-16H,2-13H2,1H3. The van der Waals surface area contributed by atoms with Crippen molar-refractivity contribution in [1.82, 2.24) is 10.2 Å². The summed E-state index contributed by atoms with van der Waals surface area (Å²) >= 11 is 0. The molecule has 0 aromatic rings. The molecule has 100 valence electrons. The molecule has 0 amide bonds. The highest BCUT2D eigenvalue weighted by Gasteiger charge is 2.20. The van der Waals surface area contributed by atoms with Crippen molar-refractivity contribution in [3.8, 4) is 0 Å². The fraction of sp³-hybridized carbons (Fsp3) is 1.00. The van der Waals surface area contributed by atoms with Crippen molar-refractivity contribution in [2.75, 3.05) is 20.1 Å². The van der Waals surface area contributed by atoms with Gasteiger partial charge in [0.15, 0.2) is 0 Å². The minimum Gasteiger partial charge on any atom is -0.312 e. The number of likely N-dealkylation sites (tertiary alicyclic amines) is 1. The van der Waals surface area contributed by atoms with Crippen LogP contribution in [0, 0.1) is 0 Å². The second-order valence-electron chi connectivity index (χ2n) is 6.08. The van der Waals surface area contributed by atoms with E-state index in [1.807, 2.05) is 0 Å². The molecule has 17 heavy (non-hydrogen) atoms. The molecule has 1 aliphatic carbocycles. The van der Waals surface area contributed by atoms with Crippen molar-refractivity contribution in [2.24, 2.45) is 0 Å². The fourth-order valence-electron chi connectivity index (χ4n) is 3.36. The molecule has 0 aromatic heterocycles. The molecule has 1 heterocycles. The van der Waals surface area contributed by atoms with E-state index < -0.39 is 0 Å². The van der Waals surface area contributed by atoms with E-state index in [1.165, 1.54) is 77.3 Å². The first-order valence-electron chi connectivity index (χ1n) is 7.80. The zero-order valence-electron chi connectivity index (χ0n) is 11.6. The lowest BCUT2D eigenvalue weighted by Crippen LogP contribution is -2.45. The lowest BCUT2D eigenvalue weighted by atomic mass is 9.96. The second-order valence-corrected chi connectivity index (χ2v) is 6.08. The number of nitrogens with one attached hydrogen (secondary N) is 1. The molecule has 1 N–H and O–H groups in total. The third-order valence-corrected chi connectivity index (χ3v) is 4.67. The molecule has 1 saturated carbocycles. The van der Waals surface area contributed by atoms with E-state index in [4.69, 9.17) is 0 Å². The van der Waals surface area contributed by atoms with Crippen LogP contribution >= 0.6 is 0 Å². The zero-order valence-corrected chi connectivity index (χ0v) is 11.6. The Balaban J connectivity index is 1.68. The van der Waals surface area contributed by atoms with Crippen LogP contribution in [0.4, 0.5) is 0 Å². The predicted molar refractivity (Wildman–Crippen MR) is 74.4 cm³/mol. The molecular formula is C15H30N2. The maximum absolute atomic E-state index is 3.85. The highest BCUT2D eigenvalue weighted by Crippen LogP contribution is 2.18. The van der Waals surface area contributed by atoms with Gasteiger partial charge < -0.3 is 10.2 Å². The highest BCUT2D eigenvalue weighted by molar-refractivity contribution is 4.79. The summed E-state index contributed by atoms with van der Waals surface area (Å²) in [6.45, 7) is 2.53. The quantitative estimate of drug-likeness (QED) is 0.812. The lowest BCUT2D eigenvalue weighted by molar-refractivity contribution is 0.175. The predicted octanol–water partition coefficient (Wildman–Crippen LogP) is 3.17. The van der Waals surface area contributed by atoms with Gasteiger partial charge in [-0.15, -0.1) is 0 Å². The van der Waals surface area contributed by atoms with Crippen LogP contribution in [-0.4, -0.2) is 37.1 Å². The molecule has 0 aromatic carbocycles. The number of rotatable bonds is 3.